The van der Waals surface area contributed by atoms with Gasteiger partial charge in [-0.15, -0.1) is 0 Å². The number of hydrogen-bond acceptors (Lipinski definition) is 1. The molecule has 2 saturated carbocycles. The fourth-order valence-corrected chi connectivity index (χ4v) is 7.38. The van der Waals surface area contributed by atoms with E-state index in [0.29, 0.717) is 5.92 Å². The van der Waals surface area contributed by atoms with Crippen molar-refractivity contribution >= 4 is 15.9 Å². The van der Waals surface area contributed by atoms with E-state index in [1.54, 1.807) is 0 Å². The van der Waals surface area contributed by atoms with E-state index in [9.17, 15) is 5.11 Å². The van der Waals surface area contributed by atoms with Gasteiger partial charge in [-0.1, -0.05) is 96.5 Å². The van der Waals surface area contributed by atoms with Gasteiger partial charge in [0, 0.05) is 21.2 Å². The lowest BCUT2D eigenvalue weighted by Gasteiger charge is -2.49. The molecule has 0 saturated heterocycles. The molecular formula is C22H21BrO. The highest BCUT2D eigenvalue weighted by molar-refractivity contribution is 9.11. The zero-order valence-electron chi connectivity index (χ0n) is 13.9. The monoisotopic (exact) mass is 380 g/mol. The molecule has 0 spiro atoms. The van der Waals surface area contributed by atoms with Gasteiger partial charge in [0.25, 0.3) is 0 Å². The Bertz CT molecular complexity index is 841. The first-order valence-corrected chi connectivity index (χ1v) is 9.47. The summed E-state index contributed by atoms with van der Waals surface area (Å²) in [5, 5.41) is 10.9. The second-order valence-electron chi connectivity index (χ2n) is 8.02. The van der Waals surface area contributed by atoms with Gasteiger partial charge >= 0.3 is 0 Å². The summed E-state index contributed by atoms with van der Waals surface area (Å²) in [6.07, 6.45) is 1.88. The van der Waals surface area contributed by atoms with Gasteiger partial charge in [-0.05, 0) is 22.5 Å². The summed E-state index contributed by atoms with van der Waals surface area (Å²) in [5.74, 6) is 0.643. The van der Waals surface area contributed by atoms with Crippen molar-refractivity contribution in [3.05, 3.63) is 82.3 Å². The summed E-state index contributed by atoms with van der Waals surface area (Å²) in [5.41, 5.74) is 2.96. The number of aliphatic hydroxyl groups excluding tert-OH is 1. The zero-order valence-corrected chi connectivity index (χ0v) is 15.5. The lowest BCUT2D eigenvalue weighted by molar-refractivity contribution is 0.0334. The lowest BCUT2D eigenvalue weighted by atomic mass is 9.53. The molecule has 2 aromatic carbocycles. The highest BCUT2D eigenvalue weighted by Crippen LogP contribution is 2.94. The summed E-state index contributed by atoms with van der Waals surface area (Å²) in [4.78, 5) is 0. The Morgan fingerprint density at radius 3 is 1.88 bits per heavy atom. The van der Waals surface area contributed by atoms with Crippen LogP contribution in [0.15, 0.2) is 71.2 Å². The minimum atomic E-state index is -0.395. The smallest absolute Gasteiger partial charge is 0.0894 e. The van der Waals surface area contributed by atoms with E-state index in [2.05, 4.69) is 96.5 Å². The van der Waals surface area contributed by atoms with E-state index < -0.39 is 6.10 Å². The molecule has 2 fully saturated rings. The summed E-state index contributed by atoms with van der Waals surface area (Å²) in [6, 6.07) is 21.8. The van der Waals surface area contributed by atoms with Crippen molar-refractivity contribution in [3.8, 4) is 0 Å². The highest BCUT2D eigenvalue weighted by atomic mass is 79.9. The molecule has 122 valence electrons. The van der Waals surface area contributed by atoms with Crippen LogP contribution in [0.2, 0.25) is 0 Å². The van der Waals surface area contributed by atoms with E-state index in [-0.39, 0.29) is 22.2 Å². The molecule has 1 N–H and O–H groups in total. The molecule has 0 bridgehead atoms. The molecular weight excluding hydrogens is 360 g/mol. The Hall–Kier alpha value is -1.38. The van der Waals surface area contributed by atoms with Gasteiger partial charge in [0.1, 0.15) is 0 Å². The standard InChI is InChI=1S/C22H21BrO/c1-20(2)21(14-9-5-3-6-10-14)16-13-17(23)19(24)18(16)22(20,21)15-11-7-4-8-12-15/h3-13,16,18-19,24H,1-2H3/t16-,18+,19-,21-,22+/m0/s1. The van der Waals surface area contributed by atoms with Gasteiger partial charge in [-0.2, -0.15) is 0 Å². The number of aliphatic hydroxyl groups is 1. The number of allylic oxidation sites excluding steroid dienone is 1. The number of rotatable bonds is 2. The largest absolute Gasteiger partial charge is 0.388 e. The number of fused-ring (bicyclic) bond motifs is 4. The van der Waals surface area contributed by atoms with E-state index in [4.69, 9.17) is 0 Å². The molecule has 3 aliphatic rings. The summed E-state index contributed by atoms with van der Waals surface area (Å²) in [7, 11) is 0. The fraction of sp³-hybridized carbons (Fsp3) is 0.364. The Kier molecular flexibility index (Phi) is 2.75. The van der Waals surface area contributed by atoms with Crippen molar-refractivity contribution in [3.63, 3.8) is 0 Å². The van der Waals surface area contributed by atoms with Gasteiger partial charge < -0.3 is 5.11 Å². The molecule has 2 aromatic rings. The first kappa shape index (κ1) is 14.9. The molecule has 3 aliphatic carbocycles. The number of hydrogen-bond donors (Lipinski definition) is 1. The van der Waals surface area contributed by atoms with Gasteiger partial charge in [0.15, 0.2) is 0 Å². The molecule has 2 heteroatoms. The van der Waals surface area contributed by atoms with E-state index in [0.717, 1.165) is 4.48 Å². The van der Waals surface area contributed by atoms with Crippen LogP contribution in [-0.2, 0) is 10.8 Å². The molecule has 1 nitrogen and oxygen atoms in total. The molecule has 5 atom stereocenters. The summed E-state index contributed by atoms with van der Waals surface area (Å²) in [6.45, 7) is 4.78. The Balaban J connectivity index is 1.79. The van der Waals surface area contributed by atoms with Crippen molar-refractivity contribution in [2.24, 2.45) is 17.3 Å². The molecule has 5 rings (SSSR count). The molecule has 24 heavy (non-hydrogen) atoms. The second-order valence-corrected chi connectivity index (χ2v) is 8.94. The Morgan fingerprint density at radius 1 is 0.833 bits per heavy atom. The third-order valence-electron chi connectivity index (χ3n) is 7.34. The van der Waals surface area contributed by atoms with Crippen LogP contribution in [-0.4, -0.2) is 11.2 Å². The van der Waals surface area contributed by atoms with E-state index in [1.165, 1.54) is 11.1 Å². The summed E-state index contributed by atoms with van der Waals surface area (Å²) >= 11 is 3.61. The van der Waals surface area contributed by atoms with Gasteiger partial charge in [-0.25, -0.2) is 0 Å². The van der Waals surface area contributed by atoms with Gasteiger partial charge in [-0.3, -0.25) is 0 Å². The van der Waals surface area contributed by atoms with Crippen LogP contribution >= 0.6 is 15.9 Å². The van der Waals surface area contributed by atoms with Crippen LogP contribution in [0.1, 0.15) is 25.0 Å². The minimum absolute atomic E-state index is 0.00127. The van der Waals surface area contributed by atoms with E-state index in [1.807, 2.05) is 0 Å². The quantitative estimate of drug-likeness (QED) is 0.792. The van der Waals surface area contributed by atoms with E-state index >= 15 is 0 Å². The minimum Gasteiger partial charge on any atom is -0.388 e. The van der Waals surface area contributed by atoms with Crippen molar-refractivity contribution in [1.29, 1.82) is 0 Å². The van der Waals surface area contributed by atoms with Gasteiger partial charge in [0.05, 0.1) is 6.10 Å². The first-order valence-electron chi connectivity index (χ1n) is 8.67. The highest BCUT2D eigenvalue weighted by Gasteiger charge is 2.96. The normalized spacial score (nSPS) is 41.0. The lowest BCUT2D eigenvalue weighted by Crippen LogP contribution is -2.53. The third kappa shape index (κ3) is 1.25. The molecule has 0 aromatic heterocycles. The van der Waals surface area contributed by atoms with Crippen LogP contribution in [0.25, 0.3) is 0 Å². The maximum Gasteiger partial charge on any atom is 0.0894 e. The third-order valence-corrected chi connectivity index (χ3v) is 8.07. The zero-order chi connectivity index (χ0) is 16.7. The van der Waals surface area contributed by atoms with Crippen molar-refractivity contribution < 1.29 is 5.11 Å². The topological polar surface area (TPSA) is 20.2 Å². The maximum absolute atomic E-state index is 10.9. The average Bonchev–Trinajstić information content (AvgIpc) is 2.83. The summed E-state index contributed by atoms with van der Waals surface area (Å²) < 4.78 is 0.964. The second kappa shape index (κ2) is 4.42. The molecule has 0 heterocycles. The number of benzene rings is 2. The van der Waals surface area contributed by atoms with Crippen LogP contribution < -0.4 is 0 Å². The van der Waals surface area contributed by atoms with Crippen molar-refractivity contribution in [2.75, 3.05) is 0 Å². The van der Waals surface area contributed by atoms with Crippen LogP contribution in [0.3, 0.4) is 0 Å². The maximum atomic E-state index is 10.9. The molecule has 0 radical (unpaired) electrons. The molecule has 0 unspecified atom stereocenters. The van der Waals surface area contributed by atoms with Crippen molar-refractivity contribution in [2.45, 2.75) is 30.8 Å². The molecule has 0 aliphatic heterocycles. The Labute approximate surface area is 151 Å². The van der Waals surface area contributed by atoms with Crippen molar-refractivity contribution in [1.82, 2.24) is 0 Å². The first-order chi connectivity index (χ1) is 11.5. The van der Waals surface area contributed by atoms with Crippen LogP contribution in [0.4, 0.5) is 0 Å². The van der Waals surface area contributed by atoms with Gasteiger partial charge in [0.2, 0.25) is 0 Å². The predicted molar refractivity (Wildman–Crippen MR) is 100 cm³/mol. The fourth-order valence-electron chi connectivity index (χ4n) is 6.81. The Morgan fingerprint density at radius 2 is 1.33 bits per heavy atom. The predicted octanol–water partition coefficient (Wildman–Crippen LogP) is 4.80. The average molecular weight is 381 g/mol. The van der Waals surface area contributed by atoms with Crippen LogP contribution in [0.5, 0.6) is 0 Å². The molecule has 0 amide bonds. The van der Waals surface area contributed by atoms with Crippen LogP contribution in [0, 0.1) is 17.3 Å². The number of halogens is 1. The SMILES string of the molecule is CC1(C)[C@]2(c3ccccc3)[C@H]3C=C(Br)[C@H](O)[C@@H]3[C@]12c1ccccc1.